The number of amides is 2. The Hall–Kier alpha value is -2.65. The first-order chi connectivity index (χ1) is 13.1. The van der Waals surface area contributed by atoms with Gasteiger partial charge in [-0.1, -0.05) is 11.2 Å². The van der Waals surface area contributed by atoms with Gasteiger partial charge in [0.2, 0.25) is 11.8 Å². The number of carbonyl (C=O) groups is 2. The quantitative estimate of drug-likeness (QED) is 0.658. The highest BCUT2D eigenvalue weighted by Gasteiger charge is 2.35. The third kappa shape index (κ3) is 3.74. The molecule has 9 heteroatoms. The van der Waals surface area contributed by atoms with E-state index in [9.17, 15) is 9.59 Å². The molecule has 1 saturated heterocycles. The lowest BCUT2D eigenvalue weighted by atomic mass is 10.1. The van der Waals surface area contributed by atoms with Gasteiger partial charge in [0.05, 0.1) is 10.8 Å². The molecular weight excluding hydrogens is 384 g/mol. The number of hydrogen-bond acceptors (Lipinski definition) is 7. The molecule has 2 aromatic heterocycles. The summed E-state index contributed by atoms with van der Waals surface area (Å²) >= 11 is 2.98. The molecule has 0 spiro atoms. The lowest BCUT2D eigenvalue weighted by molar-refractivity contribution is -0.117. The number of thioether (sulfide) groups is 1. The van der Waals surface area contributed by atoms with Crippen molar-refractivity contribution in [3.63, 3.8) is 0 Å². The van der Waals surface area contributed by atoms with Crippen molar-refractivity contribution in [1.82, 2.24) is 10.2 Å². The van der Waals surface area contributed by atoms with Crippen LogP contribution in [0, 0.1) is 0 Å². The fourth-order valence-electron chi connectivity index (χ4n) is 2.90. The second-order valence-corrected chi connectivity index (χ2v) is 7.81. The van der Waals surface area contributed by atoms with E-state index in [1.807, 2.05) is 35.9 Å². The summed E-state index contributed by atoms with van der Waals surface area (Å²) in [5.41, 5.74) is 0.853. The van der Waals surface area contributed by atoms with Crippen LogP contribution in [0.25, 0.3) is 0 Å². The maximum Gasteiger partial charge on any atom is 0.322 e. The Balaban J connectivity index is 1.44. The van der Waals surface area contributed by atoms with E-state index in [1.165, 1.54) is 11.3 Å². The predicted molar refractivity (Wildman–Crippen MR) is 105 cm³/mol. The van der Waals surface area contributed by atoms with Gasteiger partial charge in [-0.2, -0.15) is 0 Å². The molecule has 0 aliphatic carbocycles. The molecule has 27 heavy (non-hydrogen) atoms. The average Bonchev–Trinajstić information content (AvgIpc) is 3.42. The first-order valence-corrected chi connectivity index (χ1v) is 10.4. The molecule has 1 aliphatic heterocycles. The molecule has 0 radical (unpaired) electrons. The third-order valence-electron chi connectivity index (χ3n) is 4.26. The number of aromatic nitrogens is 2. The maximum absolute atomic E-state index is 12.4. The first-order valence-electron chi connectivity index (χ1n) is 8.26. The summed E-state index contributed by atoms with van der Waals surface area (Å²) in [6.45, 7) is 0.470. The zero-order valence-electron chi connectivity index (χ0n) is 14.4. The Labute approximate surface area is 163 Å². The highest BCUT2D eigenvalue weighted by molar-refractivity contribution is 7.98. The SMILES string of the molecule is CSc1ccc(N2C[C@@H](c3nnc(NC(=O)c4cccs4)o3)CC2=O)cc1. The average molecular weight is 400 g/mol. The van der Waals surface area contributed by atoms with E-state index in [0.29, 0.717) is 23.7 Å². The summed E-state index contributed by atoms with van der Waals surface area (Å²) in [5, 5.41) is 12.3. The zero-order chi connectivity index (χ0) is 18.8. The summed E-state index contributed by atoms with van der Waals surface area (Å²) in [4.78, 5) is 27.9. The molecule has 7 nitrogen and oxygen atoms in total. The molecule has 3 heterocycles. The van der Waals surface area contributed by atoms with Gasteiger partial charge < -0.3 is 9.32 Å². The number of nitrogens with one attached hydrogen (secondary N) is 1. The summed E-state index contributed by atoms with van der Waals surface area (Å²) in [6.07, 6.45) is 2.31. The second-order valence-electron chi connectivity index (χ2n) is 5.98. The fourth-order valence-corrected chi connectivity index (χ4v) is 3.93. The first kappa shape index (κ1) is 17.7. The molecule has 1 N–H and O–H groups in total. The van der Waals surface area contributed by atoms with Crippen molar-refractivity contribution in [2.45, 2.75) is 17.2 Å². The molecule has 3 aromatic rings. The van der Waals surface area contributed by atoms with Crippen LogP contribution in [0.2, 0.25) is 0 Å². The Kier molecular flexibility index (Phi) is 4.95. The molecule has 138 valence electrons. The monoisotopic (exact) mass is 400 g/mol. The van der Waals surface area contributed by atoms with Crippen LogP contribution in [0.5, 0.6) is 0 Å². The minimum absolute atomic E-state index is 0.0132. The van der Waals surface area contributed by atoms with Gasteiger partial charge >= 0.3 is 6.01 Å². The summed E-state index contributed by atoms with van der Waals surface area (Å²) in [6, 6.07) is 11.4. The van der Waals surface area contributed by atoms with Crippen molar-refractivity contribution in [3.8, 4) is 0 Å². The van der Waals surface area contributed by atoms with Crippen molar-refractivity contribution >= 4 is 46.6 Å². The van der Waals surface area contributed by atoms with Gasteiger partial charge in [0.25, 0.3) is 5.91 Å². The molecule has 4 rings (SSSR count). The van der Waals surface area contributed by atoms with Gasteiger partial charge in [-0.25, -0.2) is 0 Å². The normalized spacial score (nSPS) is 16.7. The van der Waals surface area contributed by atoms with Crippen molar-refractivity contribution in [2.75, 3.05) is 23.0 Å². The van der Waals surface area contributed by atoms with E-state index < -0.39 is 0 Å². The predicted octanol–water partition coefficient (Wildman–Crippen LogP) is 3.63. The minimum atomic E-state index is -0.293. The molecule has 1 aromatic carbocycles. The smallest absolute Gasteiger partial charge is 0.322 e. The fraction of sp³-hybridized carbons (Fsp3) is 0.222. The van der Waals surface area contributed by atoms with Crippen LogP contribution < -0.4 is 10.2 Å². The van der Waals surface area contributed by atoms with Crippen molar-refractivity contribution < 1.29 is 14.0 Å². The van der Waals surface area contributed by atoms with Gasteiger partial charge in [0, 0.05) is 23.5 Å². The largest absolute Gasteiger partial charge is 0.407 e. The molecule has 1 atom stereocenters. The van der Waals surface area contributed by atoms with Gasteiger partial charge in [-0.3, -0.25) is 14.9 Å². The Morgan fingerprint density at radius 3 is 2.81 bits per heavy atom. The molecule has 2 amide bonds. The van der Waals surface area contributed by atoms with E-state index in [2.05, 4.69) is 15.5 Å². The molecule has 1 fully saturated rings. The summed E-state index contributed by atoms with van der Waals surface area (Å²) < 4.78 is 5.57. The highest BCUT2D eigenvalue weighted by atomic mass is 32.2. The Morgan fingerprint density at radius 1 is 1.30 bits per heavy atom. The van der Waals surface area contributed by atoms with Gasteiger partial charge in [0.15, 0.2) is 0 Å². The molecule has 0 bridgehead atoms. The number of benzene rings is 1. The van der Waals surface area contributed by atoms with Gasteiger partial charge in [-0.15, -0.1) is 28.2 Å². The molecule has 0 unspecified atom stereocenters. The van der Waals surface area contributed by atoms with Gasteiger partial charge in [-0.05, 0) is 42.0 Å². The topological polar surface area (TPSA) is 88.3 Å². The van der Waals surface area contributed by atoms with Crippen molar-refractivity contribution in [1.29, 1.82) is 0 Å². The third-order valence-corrected chi connectivity index (χ3v) is 5.88. The summed E-state index contributed by atoms with van der Waals surface area (Å²) in [7, 11) is 0. The zero-order valence-corrected chi connectivity index (χ0v) is 16.0. The standard InChI is InChI=1S/C18H16N4O3S2/c1-26-13-6-4-12(5-7-13)22-10-11(9-15(22)23)17-20-21-18(25-17)19-16(24)14-3-2-8-27-14/h2-8,11H,9-10H2,1H3,(H,19,21,24)/t11-/m0/s1. The van der Waals surface area contributed by atoms with Crippen LogP contribution in [0.1, 0.15) is 27.9 Å². The Bertz CT molecular complexity index is 953. The van der Waals surface area contributed by atoms with E-state index in [1.54, 1.807) is 28.8 Å². The lowest BCUT2D eigenvalue weighted by Gasteiger charge is -2.16. The lowest BCUT2D eigenvalue weighted by Crippen LogP contribution is -2.24. The van der Waals surface area contributed by atoms with E-state index >= 15 is 0 Å². The van der Waals surface area contributed by atoms with Crippen LogP contribution >= 0.6 is 23.1 Å². The number of hydrogen-bond donors (Lipinski definition) is 1. The number of anilines is 2. The van der Waals surface area contributed by atoms with Crippen LogP contribution in [-0.4, -0.2) is 34.8 Å². The van der Waals surface area contributed by atoms with Crippen molar-refractivity contribution in [3.05, 3.63) is 52.5 Å². The van der Waals surface area contributed by atoms with E-state index in [-0.39, 0.29) is 23.7 Å². The van der Waals surface area contributed by atoms with Crippen molar-refractivity contribution in [2.24, 2.45) is 0 Å². The molecule has 0 saturated carbocycles. The number of nitrogens with zero attached hydrogens (tertiary/aromatic N) is 3. The van der Waals surface area contributed by atoms with Crippen LogP contribution in [0.15, 0.2) is 51.1 Å². The number of carbonyl (C=O) groups excluding carboxylic acids is 2. The van der Waals surface area contributed by atoms with E-state index in [0.717, 1.165) is 10.6 Å². The minimum Gasteiger partial charge on any atom is -0.407 e. The second kappa shape index (κ2) is 7.53. The molecule has 1 aliphatic rings. The van der Waals surface area contributed by atoms with Crippen LogP contribution in [0.4, 0.5) is 11.7 Å². The van der Waals surface area contributed by atoms with Crippen LogP contribution in [0.3, 0.4) is 0 Å². The Morgan fingerprint density at radius 2 is 2.11 bits per heavy atom. The maximum atomic E-state index is 12.4. The van der Waals surface area contributed by atoms with Gasteiger partial charge in [0.1, 0.15) is 0 Å². The number of rotatable bonds is 5. The van der Waals surface area contributed by atoms with Crippen LogP contribution in [-0.2, 0) is 4.79 Å². The van der Waals surface area contributed by atoms with E-state index in [4.69, 9.17) is 4.42 Å². The highest BCUT2D eigenvalue weighted by Crippen LogP contribution is 2.32. The number of thiophene rings is 1. The molecular formula is C18H16N4O3S2. The summed E-state index contributed by atoms with van der Waals surface area (Å²) in [5.74, 6) is -0.122.